The fraction of sp³-hybridized carbons (Fsp3) is 0.382. The predicted molar refractivity (Wildman–Crippen MR) is 304 cm³/mol. The number of anilines is 9. The van der Waals surface area contributed by atoms with E-state index in [-0.39, 0.29) is 38.4 Å². The molecule has 1 unspecified atom stereocenters. The molecule has 0 fully saturated rings. The van der Waals surface area contributed by atoms with E-state index in [1.54, 1.807) is 0 Å². The topological polar surface area (TPSA) is 9.72 Å². The summed E-state index contributed by atoms with van der Waals surface area (Å²) >= 11 is 0. The normalized spacial score (nSPS) is 18.9. The van der Waals surface area contributed by atoms with Crippen LogP contribution in [0.15, 0.2) is 140 Å². The molecule has 0 N–H and O–H groups in total. The lowest BCUT2D eigenvalue weighted by atomic mass is 9.61. The Morgan fingerprint density at radius 2 is 0.873 bits per heavy atom. The van der Waals surface area contributed by atoms with Crippen molar-refractivity contribution in [2.75, 3.05) is 14.7 Å². The van der Waals surface area contributed by atoms with Crippen LogP contribution in [0.2, 0.25) is 0 Å². The van der Waals surface area contributed by atoms with Gasteiger partial charge in [0.25, 0.3) is 0 Å². The van der Waals surface area contributed by atoms with Crippen molar-refractivity contribution >= 4 is 51.2 Å². The third-order valence-corrected chi connectivity index (χ3v) is 17.6. The second-order valence-corrected chi connectivity index (χ2v) is 26.5. The number of hydrogen-bond donors (Lipinski definition) is 0. The highest BCUT2D eigenvalue weighted by atomic mass is 15.2. The maximum atomic E-state index is 2.71. The molecule has 3 nitrogen and oxygen atoms in total. The van der Waals surface area contributed by atoms with Gasteiger partial charge in [-0.05, 0) is 182 Å². The highest BCUT2D eigenvalue weighted by Crippen LogP contribution is 2.64. The summed E-state index contributed by atoms with van der Waals surface area (Å²) < 4.78 is 0. The smallest absolute Gasteiger partial charge is 0.0545 e. The van der Waals surface area contributed by atoms with Crippen molar-refractivity contribution in [3.63, 3.8) is 0 Å². The van der Waals surface area contributed by atoms with Gasteiger partial charge in [0.1, 0.15) is 0 Å². The number of aryl methyl sites for hydroxylation is 1. The molecule has 0 amide bonds. The zero-order valence-electron chi connectivity index (χ0n) is 45.5. The summed E-state index contributed by atoms with van der Waals surface area (Å²) in [6.45, 7) is 36.2. The molecule has 0 spiro atoms. The quantitative estimate of drug-likeness (QED) is 0.170. The van der Waals surface area contributed by atoms with Crippen LogP contribution in [0.25, 0.3) is 0 Å². The Kier molecular flexibility index (Phi) is 10.6. The Morgan fingerprint density at radius 3 is 1.41 bits per heavy atom. The van der Waals surface area contributed by atoms with E-state index in [2.05, 4.69) is 258 Å². The molecular formula is C68H77N3. The van der Waals surface area contributed by atoms with E-state index in [1.807, 2.05) is 0 Å². The van der Waals surface area contributed by atoms with E-state index in [4.69, 9.17) is 0 Å². The largest absolute Gasteiger partial charge is 0.310 e. The van der Waals surface area contributed by atoms with Crippen molar-refractivity contribution in [2.24, 2.45) is 0 Å². The number of fused-ring (bicyclic) bond motifs is 6. The molecule has 0 radical (unpaired) electrons. The number of benzene rings is 7. The number of para-hydroxylation sites is 2. The molecule has 3 heteroatoms. The molecule has 7 aromatic carbocycles. The monoisotopic (exact) mass is 936 g/mol. The second kappa shape index (κ2) is 16.0. The number of rotatable bonds is 5. The Labute approximate surface area is 427 Å². The first kappa shape index (κ1) is 47.3. The van der Waals surface area contributed by atoms with Gasteiger partial charge in [-0.15, -0.1) is 0 Å². The van der Waals surface area contributed by atoms with E-state index < -0.39 is 0 Å². The van der Waals surface area contributed by atoms with Gasteiger partial charge >= 0.3 is 0 Å². The molecule has 2 heterocycles. The molecule has 71 heavy (non-hydrogen) atoms. The SMILES string of the molecule is Cc1cc(C(C)(C)C)ccc1N1c2ccc(C(C)(C)C)cc2C2c3cc4c(cc3N(c3ccc5c(c3)C(C)(C)CCC5(C)C)c3cc(N(c5ccccc5)c5ccccc5)cc1c32)C(C)(C)CCC4(C)C. The minimum Gasteiger partial charge on any atom is -0.310 e. The van der Waals surface area contributed by atoms with Crippen molar-refractivity contribution in [1.29, 1.82) is 0 Å². The maximum Gasteiger partial charge on any atom is 0.0545 e. The fourth-order valence-electron chi connectivity index (χ4n) is 12.9. The van der Waals surface area contributed by atoms with Crippen molar-refractivity contribution in [1.82, 2.24) is 0 Å². The van der Waals surface area contributed by atoms with E-state index in [9.17, 15) is 0 Å². The lowest BCUT2D eigenvalue weighted by Crippen LogP contribution is -2.36. The van der Waals surface area contributed by atoms with Crippen LogP contribution in [-0.2, 0) is 32.5 Å². The molecule has 0 aromatic heterocycles. The van der Waals surface area contributed by atoms with Crippen LogP contribution in [0.3, 0.4) is 0 Å². The summed E-state index contributed by atoms with van der Waals surface area (Å²) in [5, 5.41) is 0. The summed E-state index contributed by atoms with van der Waals surface area (Å²) in [5.74, 6) is -0.0101. The molecule has 4 aliphatic rings. The molecule has 1 atom stereocenters. The van der Waals surface area contributed by atoms with Gasteiger partial charge < -0.3 is 14.7 Å². The molecule has 0 saturated carbocycles. The Balaban J connectivity index is 1.32. The van der Waals surface area contributed by atoms with Crippen molar-refractivity contribution in [3.8, 4) is 0 Å². The van der Waals surface area contributed by atoms with Gasteiger partial charge in [0.15, 0.2) is 0 Å². The van der Waals surface area contributed by atoms with Gasteiger partial charge in [-0.25, -0.2) is 0 Å². The van der Waals surface area contributed by atoms with Gasteiger partial charge in [-0.2, -0.15) is 0 Å². The van der Waals surface area contributed by atoms with Gasteiger partial charge in [-0.3, -0.25) is 0 Å². The first-order chi connectivity index (χ1) is 33.4. The van der Waals surface area contributed by atoms with Crippen LogP contribution < -0.4 is 14.7 Å². The van der Waals surface area contributed by atoms with Crippen LogP contribution in [-0.4, -0.2) is 0 Å². The van der Waals surface area contributed by atoms with Crippen molar-refractivity contribution < 1.29 is 0 Å². The average molecular weight is 936 g/mol. The van der Waals surface area contributed by atoms with Crippen LogP contribution in [0, 0.1) is 6.92 Å². The third kappa shape index (κ3) is 7.66. The molecule has 7 aromatic rings. The van der Waals surface area contributed by atoms with Crippen LogP contribution in [0.4, 0.5) is 51.2 Å². The minimum atomic E-state index is -0.0436. The van der Waals surface area contributed by atoms with E-state index in [0.717, 1.165) is 36.3 Å². The van der Waals surface area contributed by atoms with Crippen molar-refractivity contribution in [2.45, 2.75) is 168 Å². The van der Waals surface area contributed by atoms with Gasteiger partial charge in [0.2, 0.25) is 0 Å². The van der Waals surface area contributed by atoms with E-state index in [0.29, 0.717) is 0 Å². The summed E-state index contributed by atoms with van der Waals surface area (Å²) in [5.41, 5.74) is 25.1. The summed E-state index contributed by atoms with van der Waals surface area (Å²) in [6.07, 6.45) is 4.67. The minimum absolute atomic E-state index is 0.0101. The predicted octanol–water partition coefficient (Wildman–Crippen LogP) is 19.5. The van der Waals surface area contributed by atoms with Crippen molar-refractivity contribution in [3.05, 3.63) is 195 Å². The standard InChI is InChI=1S/C68H77N3/c1-43-36-44(63(2,3)4)26-30-56(43)71-57-31-27-45(64(5,6)7)37-50(57)61-51-41-54-55(68(14,15)35-34-67(54,12)13)42-58(51)70(48-28-29-52-53(38-48)66(10,11)33-32-65(52,8)9)59-39-49(40-60(71)62(59)61)69(46-22-18-16-19-23-46)47-24-20-17-21-25-47/h16-31,36-42,61H,32-35H2,1-15H3. The number of nitrogens with zero attached hydrogens (tertiary/aromatic N) is 3. The molecule has 0 bridgehead atoms. The molecule has 11 rings (SSSR count). The molecule has 364 valence electrons. The lowest BCUT2D eigenvalue weighted by molar-refractivity contribution is 0.331. The average Bonchev–Trinajstić information content (AvgIpc) is 3.31. The molecule has 2 aliphatic carbocycles. The Bertz CT molecular complexity index is 3200. The zero-order valence-corrected chi connectivity index (χ0v) is 45.5. The first-order valence-electron chi connectivity index (χ1n) is 26.6. The molecule has 2 aliphatic heterocycles. The summed E-state index contributed by atoms with van der Waals surface area (Å²) in [4.78, 5) is 7.83. The van der Waals surface area contributed by atoms with Crippen LogP contribution >= 0.6 is 0 Å². The molecule has 0 saturated heterocycles. The zero-order chi connectivity index (χ0) is 50.4. The molecular weight excluding hydrogens is 859 g/mol. The first-order valence-corrected chi connectivity index (χ1v) is 26.6. The van der Waals surface area contributed by atoms with Crippen LogP contribution in [0.5, 0.6) is 0 Å². The van der Waals surface area contributed by atoms with Gasteiger partial charge in [0, 0.05) is 34.2 Å². The van der Waals surface area contributed by atoms with Gasteiger partial charge in [0.05, 0.1) is 28.4 Å². The lowest BCUT2D eigenvalue weighted by Gasteiger charge is -2.49. The second-order valence-electron chi connectivity index (χ2n) is 26.5. The maximum absolute atomic E-state index is 2.71. The number of hydrogen-bond acceptors (Lipinski definition) is 3. The Hall–Kier alpha value is -6.06. The van der Waals surface area contributed by atoms with Gasteiger partial charge in [-0.1, -0.05) is 170 Å². The van der Waals surface area contributed by atoms with Crippen LogP contribution in [0.1, 0.15) is 184 Å². The van der Waals surface area contributed by atoms with E-state index in [1.165, 1.54) is 96.2 Å². The highest BCUT2D eigenvalue weighted by Gasteiger charge is 2.47. The van der Waals surface area contributed by atoms with E-state index >= 15 is 0 Å². The Morgan fingerprint density at radius 1 is 0.408 bits per heavy atom. The fourth-order valence-corrected chi connectivity index (χ4v) is 12.9. The third-order valence-electron chi connectivity index (χ3n) is 17.6. The highest BCUT2D eigenvalue weighted by molar-refractivity contribution is 6.00. The summed E-state index contributed by atoms with van der Waals surface area (Å²) in [6, 6.07) is 54.6. The summed E-state index contributed by atoms with van der Waals surface area (Å²) in [7, 11) is 0.